The minimum atomic E-state index is -0.607. The molecule has 1 aromatic rings. The Hall–Kier alpha value is -1.99. The first-order chi connectivity index (χ1) is 13.6. The Kier molecular flexibility index (Phi) is 7.39. The van der Waals surface area contributed by atoms with Gasteiger partial charge in [0.05, 0.1) is 18.6 Å². The average Bonchev–Trinajstić information content (AvgIpc) is 3.21. The minimum absolute atomic E-state index is 0.0635. The quantitative estimate of drug-likeness (QED) is 0.736. The predicted octanol–water partition coefficient (Wildman–Crippen LogP) is 1.96. The number of likely N-dealkylation sites (tertiary alicyclic amines) is 2. The molecular weight excluding hydrogens is 361 g/mol. The number of rotatable bonds is 8. The lowest BCUT2D eigenvalue weighted by molar-refractivity contribution is -0.144. The molecule has 0 radical (unpaired) electrons. The third kappa shape index (κ3) is 4.89. The van der Waals surface area contributed by atoms with Crippen molar-refractivity contribution in [2.75, 3.05) is 46.4 Å². The Morgan fingerprint density at radius 1 is 1.25 bits per heavy atom. The summed E-state index contributed by atoms with van der Waals surface area (Å²) in [6.07, 6.45) is 3.14. The molecule has 1 aromatic carbocycles. The zero-order valence-corrected chi connectivity index (χ0v) is 16.5. The smallest absolute Gasteiger partial charge is 0.225 e. The van der Waals surface area contributed by atoms with Gasteiger partial charge in [0.2, 0.25) is 11.8 Å². The highest BCUT2D eigenvalue weighted by molar-refractivity contribution is 5.85. The summed E-state index contributed by atoms with van der Waals surface area (Å²) in [5.74, 6) is -1.03. The predicted molar refractivity (Wildman–Crippen MR) is 104 cm³/mol. The van der Waals surface area contributed by atoms with Crippen LogP contribution in [0.25, 0.3) is 0 Å². The molecule has 6 nitrogen and oxygen atoms in total. The Morgan fingerprint density at radius 2 is 2.00 bits per heavy atom. The molecule has 3 rings (SSSR count). The molecule has 2 saturated heterocycles. The van der Waals surface area contributed by atoms with Gasteiger partial charge in [-0.15, -0.1) is 0 Å². The second-order valence-electron chi connectivity index (χ2n) is 7.53. The lowest BCUT2D eigenvalue weighted by Gasteiger charge is -2.41. The van der Waals surface area contributed by atoms with Crippen LogP contribution >= 0.6 is 0 Å². The molecule has 0 saturated carbocycles. The van der Waals surface area contributed by atoms with Gasteiger partial charge < -0.3 is 19.9 Å². The fraction of sp³-hybridized carbons (Fsp3) is 0.619. The maximum atomic E-state index is 14.6. The van der Waals surface area contributed by atoms with Gasteiger partial charge in [-0.25, -0.2) is 4.39 Å². The highest BCUT2D eigenvalue weighted by Gasteiger charge is 2.41. The van der Waals surface area contributed by atoms with Gasteiger partial charge in [0.25, 0.3) is 0 Å². The van der Waals surface area contributed by atoms with Gasteiger partial charge in [-0.2, -0.15) is 0 Å². The summed E-state index contributed by atoms with van der Waals surface area (Å²) < 4.78 is 19.7. The lowest BCUT2D eigenvalue weighted by atomic mass is 9.83. The van der Waals surface area contributed by atoms with Crippen molar-refractivity contribution in [1.82, 2.24) is 15.1 Å². The van der Waals surface area contributed by atoms with E-state index in [1.54, 1.807) is 30.2 Å². The second kappa shape index (κ2) is 9.98. The lowest BCUT2D eigenvalue weighted by Crippen LogP contribution is -2.50. The van der Waals surface area contributed by atoms with Crippen LogP contribution in [0.3, 0.4) is 0 Å². The normalized spacial score (nSPS) is 23.2. The Labute approximate surface area is 166 Å². The van der Waals surface area contributed by atoms with Crippen LogP contribution in [-0.2, 0) is 14.3 Å². The van der Waals surface area contributed by atoms with Crippen LogP contribution in [0.4, 0.5) is 4.39 Å². The number of hydrogen-bond acceptors (Lipinski definition) is 4. The highest BCUT2D eigenvalue weighted by Crippen LogP contribution is 2.37. The van der Waals surface area contributed by atoms with E-state index >= 15 is 0 Å². The zero-order valence-electron chi connectivity index (χ0n) is 16.5. The van der Waals surface area contributed by atoms with E-state index in [0.717, 1.165) is 19.6 Å². The fourth-order valence-electron chi connectivity index (χ4n) is 4.25. The molecule has 0 unspecified atom stereocenters. The average molecular weight is 391 g/mol. The number of benzene rings is 1. The van der Waals surface area contributed by atoms with Crippen LogP contribution in [0.2, 0.25) is 0 Å². The molecule has 2 aliphatic heterocycles. The first-order valence-corrected chi connectivity index (χ1v) is 10.1. The van der Waals surface area contributed by atoms with E-state index < -0.39 is 12.0 Å². The van der Waals surface area contributed by atoms with E-state index in [9.17, 15) is 14.0 Å². The van der Waals surface area contributed by atoms with Gasteiger partial charge in [-0.1, -0.05) is 18.2 Å². The van der Waals surface area contributed by atoms with Crippen LogP contribution in [0.15, 0.2) is 24.3 Å². The minimum Gasteiger partial charge on any atom is -0.383 e. The monoisotopic (exact) mass is 391 g/mol. The molecule has 0 aromatic heterocycles. The van der Waals surface area contributed by atoms with Gasteiger partial charge in [-0.05, 0) is 38.4 Å². The van der Waals surface area contributed by atoms with Gasteiger partial charge in [0.1, 0.15) is 5.82 Å². The zero-order chi connectivity index (χ0) is 19.9. The first kappa shape index (κ1) is 20.7. The Bertz CT molecular complexity index is 679. The molecule has 2 atom stereocenters. The highest BCUT2D eigenvalue weighted by atomic mass is 19.1. The molecule has 2 fully saturated rings. The maximum Gasteiger partial charge on any atom is 0.225 e. The Morgan fingerprint density at radius 3 is 2.71 bits per heavy atom. The van der Waals surface area contributed by atoms with Crippen molar-refractivity contribution in [2.45, 2.75) is 31.7 Å². The molecule has 0 bridgehead atoms. The summed E-state index contributed by atoms with van der Waals surface area (Å²) in [5.41, 5.74) is 0.395. The van der Waals surface area contributed by atoms with Crippen molar-refractivity contribution in [2.24, 2.45) is 5.92 Å². The van der Waals surface area contributed by atoms with Gasteiger partial charge in [0, 0.05) is 38.7 Å². The number of nitrogens with zero attached hydrogens (tertiary/aromatic N) is 2. The number of piperidine rings is 1. The summed E-state index contributed by atoms with van der Waals surface area (Å²) in [7, 11) is 1.56. The number of halogens is 1. The van der Waals surface area contributed by atoms with Crippen molar-refractivity contribution >= 4 is 11.8 Å². The molecule has 0 spiro atoms. The van der Waals surface area contributed by atoms with Gasteiger partial charge >= 0.3 is 0 Å². The van der Waals surface area contributed by atoms with Crippen molar-refractivity contribution in [3.63, 3.8) is 0 Å². The van der Waals surface area contributed by atoms with E-state index in [-0.39, 0.29) is 17.6 Å². The summed E-state index contributed by atoms with van der Waals surface area (Å²) >= 11 is 0. The largest absolute Gasteiger partial charge is 0.383 e. The molecule has 1 N–H and O–H groups in total. The van der Waals surface area contributed by atoms with Crippen molar-refractivity contribution in [3.05, 3.63) is 35.6 Å². The molecule has 2 aliphatic rings. The topological polar surface area (TPSA) is 61.9 Å². The molecule has 2 amide bonds. The molecule has 2 heterocycles. The van der Waals surface area contributed by atoms with E-state index in [4.69, 9.17) is 4.74 Å². The number of carbonyl (C=O) groups is 2. The molecular formula is C21H30FN3O3. The van der Waals surface area contributed by atoms with Crippen LogP contribution in [0, 0.1) is 11.7 Å². The van der Waals surface area contributed by atoms with E-state index in [1.165, 1.54) is 18.9 Å². The van der Waals surface area contributed by atoms with Gasteiger partial charge in [0.15, 0.2) is 0 Å². The maximum absolute atomic E-state index is 14.6. The number of ether oxygens (including phenoxy) is 1. The fourth-order valence-corrected chi connectivity index (χ4v) is 4.25. The number of nitrogens with one attached hydrogen (secondary N) is 1. The van der Waals surface area contributed by atoms with Crippen LogP contribution < -0.4 is 5.32 Å². The summed E-state index contributed by atoms with van der Waals surface area (Å²) in [4.78, 5) is 29.5. The first-order valence-electron chi connectivity index (χ1n) is 10.1. The Balaban J connectivity index is 1.75. The third-order valence-electron chi connectivity index (χ3n) is 5.73. The molecule has 154 valence electrons. The SMILES string of the molecule is COCCN1C(=O)CC[C@@H](C(=O)NCCN2CCCC2)[C@@H]1c1ccccc1F. The van der Waals surface area contributed by atoms with Crippen LogP contribution in [0.1, 0.15) is 37.3 Å². The number of hydrogen-bond donors (Lipinski definition) is 1. The number of methoxy groups -OCH3 is 1. The summed E-state index contributed by atoms with van der Waals surface area (Å²) in [6.45, 7) is 4.25. The van der Waals surface area contributed by atoms with Crippen molar-refractivity contribution in [1.29, 1.82) is 0 Å². The van der Waals surface area contributed by atoms with Crippen molar-refractivity contribution in [3.8, 4) is 0 Å². The molecule has 28 heavy (non-hydrogen) atoms. The third-order valence-corrected chi connectivity index (χ3v) is 5.73. The van der Waals surface area contributed by atoms with Crippen LogP contribution in [-0.4, -0.2) is 68.1 Å². The van der Waals surface area contributed by atoms with E-state index in [0.29, 0.717) is 38.1 Å². The molecule has 0 aliphatic carbocycles. The summed E-state index contributed by atoms with van der Waals surface area (Å²) in [5, 5.41) is 3.02. The number of carbonyl (C=O) groups excluding carboxylic acids is 2. The van der Waals surface area contributed by atoms with E-state index in [1.807, 2.05) is 0 Å². The van der Waals surface area contributed by atoms with Crippen LogP contribution in [0.5, 0.6) is 0 Å². The second-order valence-corrected chi connectivity index (χ2v) is 7.53. The number of amides is 2. The summed E-state index contributed by atoms with van der Waals surface area (Å²) in [6, 6.07) is 5.81. The van der Waals surface area contributed by atoms with Gasteiger partial charge in [-0.3, -0.25) is 9.59 Å². The van der Waals surface area contributed by atoms with Crippen molar-refractivity contribution < 1.29 is 18.7 Å². The van der Waals surface area contributed by atoms with E-state index in [2.05, 4.69) is 10.2 Å². The standard InChI is InChI=1S/C21H30FN3O3/c1-28-15-14-25-19(26)9-8-17(20(25)16-6-2-3-7-18(16)22)21(27)23-10-13-24-11-4-5-12-24/h2-3,6-7,17,20H,4-5,8-15H2,1H3,(H,23,27)/t17-,20+/m1/s1. The molecule has 7 heteroatoms.